The van der Waals surface area contributed by atoms with Crippen LogP contribution >= 0.6 is 15.9 Å². The van der Waals surface area contributed by atoms with E-state index >= 15 is 0 Å². The van der Waals surface area contributed by atoms with Crippen molar-refractivity contribution in [1.29, 1.82) is 0 Å². The van der Waals surface area contributed by atoms with Crippen molar-refractivity contribution >= 4 is 15.9 Å². The molecule has 0 unspecified atom stereocenters. The molecule has 5 heteroatoms. The second-order valence-electron chi connectivity index (χ2n) is 4.66. The van der Waals surface area contributed by atoms with Crippen molar-refractivity contribution in [2.45, 2.75) is 12.8 Å². The number of methoxy groups -OCH3 is 1. The SMILES string of the molecule is COc1ccc(Br)c2c1-c1c(c(O)n(C)c1O)CC2. The van der Waals surface area contributed by atoms with Crippen LogP contribution in [0, 0.1) is 0 Å². The van der Waals surface area contributed by atoms with Gasteiger partial charge in [0.15, 0.2) is 5.88 Å². The van der Waals surface area contributed by atoms with Gasteiger partial charge in [-0.1, -0.05) is 15.9 Å². The standard InChI is InChI=1S/C14H14BrNO3/c1-16-13(17)8-4-3-7-9(15)5-6-10(19-2)11(7)12(8)14(16)18/h5-6,17-18H,3-4H2,1-2H3. The van der Waals surface area contributed by atoms with Crippen molar-refractivity contribution in [3.05, 3.63) is 27.7 Å². The maximum Gasteiger partial charge on any atom is 0.202 e. The lowest BCUT2D eigenvalue weighted by atomic mass is 9.87. The van der Waals surface area contributed by atoms with Crippen molar-refractivity contribution in [3.8, 4) is 28.6 Å². The number of aromatic nitrogens is 1. The van der Waals surface area contributed by atoms with Crippen LogP contribution in [0.15, 0.2) is 16.6 Å². The molecule has 4 nitrogen and oxygen atoms in total. The molecule has 2 aromatic rings. The van der Waals surface area contributed by atoms with Gasteiger partial charge in [-0.25, -0.2) is 0 Å². The number of halogens is 1. The van der Waals surface area contributed by atoms with Gasteiger partial charge in [0.2, 0.25) is 5.88 Å². The second-order valence-corrected chi connectivity index (χ2v) is 5.52. The quantitative estimate of drug-likeness (QED) is 0.848. The normalized spacial score (nSPS) is 13.0. The molecular weight excluding hydrogens is 310 g/mol. The first-order valence-electron chi connectivity index (χ1n) is 6.01. The van der Waals surface area contributed by atoms with Gasteiger partial charge in [0.1, 0.15) is 5.75 Å². The van der Waals surface area contributed by atoms with Crippen LogP contribution in [0.4, 0.5) is 0 Å². The third-order valence-electron chi connectivity index (χ3n) is 3.74. The first kappa shape index (κ1) is 12.4. The summed E-state index contributed by atoms with van der Waals surface area (Å²) in [6, 6.07) is 3.81. The van der Waals surface area contributed by atoms with Crippen LogP contribution in [0.1, 0.15) is 11.1 Å². The van der Waals surface area contributed by atoms with Crippen molar-refractivity contribution in [3.63, 3.8) is 0 Å². The zero-order valence-electron chi connectivity index (χ0n) is 10.7. The van der Waals surface area contributed by atoms with E-state index in [0.29, 0.717) is 17.7 Å². The van der Waals surface area contributed by atoms with Gasteiger partial charge in [-0.15, -0.1) is 0 Å². The summed E-state index contributed by atoms with van der Waals surface area (Å²) >= 11 is 3.54. The molecule has 0 saturated heterocycles. The average Bonchev–Trinajstić information content (AvgIpc) is 2.64. The fourth-order valence-electron chi connectivity index (χ4n) is 2.76. The lowest BCUT2D eigenvalue weighted by Gasteiger charge is -2.20. The van der Waals surface area contributed by atoms with Gasteiger partial charge in [0.05, 0.1) is 12.7 Å². The third kappa shape index (κ3) is 1.57. The van der Waals surface area contributed by atoms with Crippen molar-refractivity contribution in [1.82, 2.24) is 4.57 Å². The van der Waals surface area contributed by atoms with Crippen LogP contribution in [-0.2, 0) is 19.9 Å². The second kappa shape index (κ2) is 4.20. The lowest BCUT2D eigenvalue weighted by molar-refractivity contribution is 0.385. The summed E-state index contributed by atoms with van der Waals surface area (Å²) in [5.41, 5.74) is 3.43. The van der Waals surface area contributed by atoms with Gasteiger partial charge >= 0.3 is 0 Å². The van der Waals surface area contributed by atoms with Gasteiger partial charge in [-0.05, 0) is 30.5 Å². The van der Waals surface area contributed by atoms with Gasteiger partial charge in [-0.3, -0.25) is 4.57 Å². The summed E-state index contributed by atoms with van der Waals surface area (Å²) in [5.74, 6) is 0.907. The van der Waals surface area contributed by atoms with Gasteiger partial charge in [0.25, 0.3) is 0 Å². The highest BCUT2D eigenvalue weighted by molar-refractivity contribution is 9.10. The van der Waals surface area contributed by atoms with E-state index in [1.807, 2.05) is 12.1 Å². The fourth-order valence-corrected chi connectivity index (χ4v) is 3.28. The Morgan fingerprint density at radius 2 is 1.79 bits per heavy atom. The van der Waals surface area contributed by atoms with Crippen LogP contribution in [0.2, 0.25) is 0 Å². The summed E-state index contributed by atoms with van der Waals surface area (Å²) in [7, 11) is 3.25. The molecule has 0 fully saturated rings. The molecule has 0 spiro atoms. The predicted octanol–water partition coefficient (Wildman–Crippen LogP) is 2.97. The van der Waals surface area contributed by atoms with E-state index in [2.05, 4.69) is 15.9 Å². The minimum Gasteiger partial charge on any atom is -0.496 e. The highest BCUT2D eigenvalue weighted by Crippen LogP contribution is 2.50. The number of hydrogen-bond acceptors (Lipinski definition) is 3. The Morgan fingerprint density at radius 3 is 2.47 bits per heavy atom. The molecule has 1 aliphatic rings. The maximum absolute atomic E-state index is 10.3. The lowest BCUT2D eigenvalue weighted by Crippen LogP contribution is -2.04. The molecule has 100 valence electrons. The number of rotatable bonds is 1. The van der Waals surface area contributed by atoms with Crippen LogP contribution in [0.25, 0.3) is 11.1 Å². The van der Waals surface area contributed by atoms with Crippen molar-refractivity contribution < 1.29 is 14.9 Å². The molecule has 19 heavy (non-hydrogen) atoms. The molecule has 1 aromatic heterocycles. The maximum atomic E-state index is 10.3. The molecule has 2 N–H and O–H groups in total. The number of nitrogens with zero attached hydrogens (tertiary/aromatic N) is 1. The minimum absolute atomic E-state index is 0.0739. The molecule has 3 rings (SSSR count). The monoisotopic (exact) mass is 323 g/mol. The number of benzene rings is 1. The largest absolute Gasteiger partial charge is 0.496 e. The molecule has 0 amide bonds. The molecule has 0 radical (unpaired) electrons. The topological polar surface area (TPSA) is 54.6 Å². The molecule has 0 bridgehead atoms. The van der Waals surface area contributed by atoms with E-state index < -0.39 is 0 Å². The fraction of sp³-hybridized carbons (Fsp3) is 0.286. The van der Waals surface area contributed by atoms with Crippen LogP contribution in [0.3, 0.4) is 0 Å². The molecule has 1 aromatic carbocycles. The molecule has 0 saturated carbocycles. The molecule has 1 aliphatic carbocycles. The summed E-state index contributed by atoms with van der Waals surface area (Å²) in [6.07, 6.45) is 1.51. The summed E-state index contributed by atoms with van der Waals surface area (Å²) in [4.78, 5) is 0. The van der Waals surface area contributed by atoms with Crippen molar-refractivity contribution in [2.24, 2.45) is 7.05 Å². The Morgan fingerprint density at radius 1 is 1.11 bits per heavy atom. The molecular formula is C14H14BrNO3. The highest BCUT2D eigenvalue weighted by Gasteiger charge is 2.30. The Labute approximate surface area is 119 Å². The number of fused-ring (bicyclic) bond motifs is 3. The summed E-state index contributed by atoms with van der Waals surface area (Å²) in [5, 5.41) is 20.3. The van der Waals surface area contributed by atoms with E-state index in [9.17, 15) is 10.2 Å². The highest BCUT2D eigenvalue weighted by atomic mass is 79.9. The Bertz CT molecular complexity index is 676. The summed E-state index contributed by atoms with van der Waals surface area (Å²) < 4.78 is 7.81. The Kier molecular flexibility index (Phi) is 2.74. The smallest absolute Gasteiger partial charge is 0.202 e. The number of hydrogen-bond donors (Lipinski definition) is 2. The predicted molar refractivity (Wildman–Crippen MR) is 75.8 cm³/mol. The van der Waals surface area contributed by atoms with E-state index in [1.54, 1.807) is 14.2 Å². The first-order chi connectivity index (χ1) is 9.06. The first-order valence-corrected chi connectivity index (χ1v) is 6.80. The zero-order valence-corrected chi connectivity index (χ0v) is 12.3. The minimum atomic E-state index is 0.0739. The van der Waals surface area contributed by atoms with Crippen molar-refractivity contribution in [2.75, 3.05) is 7.11 Å². The number of aromatic hydroxyl groups is 2. The van der Waals surface area contributed by atoms with E-state index in [0.717, 1.165) is 27.6 Å². The van der Waals surface area contributed by atoms with Gasteiger partial charge in [0, 0.05) is 22.6 Å². The molecule has 1 heterocycles. The third-order valence-corrected chi connectivity index (χ3v) is 4.49. The summed E-state index contributed by atoms with van der Waals surface area (Å²) in [6.45, 7) is 0. The number of ether oxygens (including phenoxy) is 1. The molecule has 0 atom stereocenters. The van der Waals surface area contributed by atoms with E-state index in [-0.39, 0.29) is 11.8 Å². The van der Waals surface area contributed by atoms with Crippen LogP contribution < -0.4 is 4.74 Å². The van der Waals surface area contributed by atoms with Gasteiger partial charge < -0.3 is 14.9 Å². The Balaban J connectivity index is 2.40. The zero-order chi connectivity index (χ0) is 13.7. The average molecular weight is 324 g/mol. The van der Waals surface area contributed by atoms with Gasteiger partial charge in [-0.2, -0.15) is 0 Å². The Hall–Kier alpha value is -1.62. The van der Waals surface area contributed by atoms with Crippen LogP contribution in [0.5, 0.6) is 17.5 Å². The molecule has 0 aliphatic heterocycles. The van der Waals surface area contributed by atoms with Crippen LogP contribution in [-0.4, -0.2) is 21.9 Å². The van der Waals surface area contributed by atoms with E-state index in [4.69, 9.17) is 4.74 Å². The van der Waals surface area contributed by atoms with E-state index in [1.165, 1.54) is 4.57 Å².